The Morgan fingerprint density at radius 2 is 1.71 bits per heavy atom. The molecule has 0 aliphatic rings. The van der Waals surface area contributed by atoms with Crippen LogP contribution in [0.25, 0.3) is 22.1 Å². The van der Waals surface area contributed by atoms with Gasteiger partial charge in [-0.3, -0.25) is 0 Å². The number of hydrogen-bond acceptors (Lipinski definition) is 3. The van der Waals surface area contributed by atoms with Crippen molar-refractivity contribution in [3.63, 3.8) is 0 Å². The zero-order valence-electron chi connectivity index (χ0n) is 15.4. The highest BCUT2D eigenvalue weighted by atomic mass is 19.1. The van der Waals surface area contributed by atoms with Gasteiger partial charge in [0.05, 0.1) is 0 Å². The average molecular weight is 374 g/mol. The Morgan fingerprint density at radius 1 is 0.964 bits per heavy atom. The van der Waals surface area contributed by atoms with Gasteiger partial charge >= 0.3 is 5.63 Å². The van der Waals surface area contributed by atoms with Crippen molar-refractivity contribution in [3.8, 4) is 16.9 Å². The van der Waals surface area contributed by atoms with Crippen LogP contribution in [0.5, 0.6) is 5.75 Å². The molecule has 0 bridgehead atoms. The van der Waals surface area contributed by atoms with E-state index >= 15 is 0 Å². The van der Waals surface area contributed by atoms with Crippen molar-refractivity contribution in [1.29, 1.82) is 0 Å². The molecule has 0 N–H and O–H groups in total. The highest BCUT2D eigenvalue weighted by Gasteiger charge is 2.13. The Morgan fingerprint density at radius 3 is 2.43 bits per heavy atom. The maximum Gasteiger partial charge on any atom is 0.336 e. The van der Waals surface area contributed by atoms with Crippen LogP contribution in [-0.2, 0) is 13.0 Å². The van der Waals surface area contributed by atoms with Crippen molar-refractivity contribution in [3.05, 3.63) is 100 Å². The molecule has 0 radical (unpaired) electrons. The zero-order valence-corrected chi connectivity index (χ0v) is 15.4. The van der Waals surface area contributed by atoms with Gasteiger partial charge in [0.25, 0.3) is 0 Å². The number of fused-ring (bicyclic) bond motifs is 1. The molecule has 3 nitrogen and oxygen atoms in total. The van der Waals surface area contributed by atoms with Crippen molar-refractivity contribution in [2.24, 2.45) is 0 Å². The molecule has 0 saturated carbocycles. The third-order valence-electron chi connectivity index (χ3n) is 4.70. The average Bonchev–Trinajstić information content (AvgIpc) is 2.72. The van der Waals surface area contributed by atoms with Gasteiger partial charge in [0, 0.05) is 17.5 Å². The van der Waals surface area contributed by atoms with E-state index in [1.807, 2.05) is 43.3 Å². The van der Waals surface area contributed by atoms with Crippen molar-refractivity contribution in [1.82, 2.24) is 0 Å². The van der Waals surface area contributed by atoms with Crippen LogP contribution < -0.4 is 10.4 Å². The Kier molecular flexibility index (Phi) is 4.94. The van der Waals surface area contributed by atoms with Gasteiger partial charge < -0.3 is 9.15 Å². The topological polar surface area (TPSA) is 39.4 Å². The molecule has 1 aromatic heterocycles. The Bertz CT molecular complexity index is 1160. The van der Waals surface area contributed by atoms with Gasteiger partial charge in [0.2, 0.25) is 0 Å². The molecule has 0 atom stereocenters. The Balaban J connectivity index is 1.76. The van der Waals surface area contributed by atoms with E-state index in [0.29, 0.717) is 17.9 Å². The molecule has 0 amide bonds. The second kappa shape index (κ2) is 7.69. The van der Waals surface area contributed by atoms with Crippen LogP contribution in [-0.4, -0.2) is 0 Å². The number of hydrogen-bond donors (Lipinski definition) is 0. The lowest BCUT2D eigenvalue weighted by atomic mass is 9.99. The van der Waals surface area contributed by atoms with Crippen LogP contribution in [0, 0.1) is 5.82 Å². The summed E-state index contributed by atoms with van der Waals surface area (Å²) in [4.78, 5) is 12.1. The number of ether oxygens (including phenoxy) is 1. The summed E-state index contributed by atoms with van der Waals surface area (Å²) in [5, 5.41) is 0.872. The molecule has 0 unspecified atom stereocenters. The minimum atomic E-state index is -0.403. The van der Waals surface area contributed by atoms with Crippen molar-refractivity contribution in [2.75, 3.05) is 0 Å². The molecule has 4 aromatic rings. The highest BCUT2D eigenvalue weighted by Crippen LogP contribution is 2.33. The second-order valence-electron chi connectivity index (χ2n) is 6.57. The maximum atomic E-state index is 13.1. The van der Waals surface area contributed by atoms with E-state index in [4.69, 9.17) is 9.15 Å². The van der Waals surface area contributed by atoms with E-state index in [0.717, 1.165) is 34.1 Å². The van der Waals surface area contributed by atoms with Gasteiger partial charge in [0.15, 0.2) is 0 Å². The normalized spacial score (nSPS) is 10.9. The van der Waals surface area contributed by atoms with Crippen LogP contribution in [0.4, 0.5) is 4.39 Å². The summed E-state index contributed by atoms with van der Waals surface area (Å²) in [6, 6.07) is 21.3. The van der Waals surface area contributed by atoms with E-state index in [-0.39, 0.29) is 5.82 Å². The van der Waals surface area contributed by atoms with E-state index in [1.165, 1.54) is 18.2 Å². The molecular weight excluding hydrogens is 355 g/mol. The molecule has 1 heterocycles. The van der Waals surface area contributed by atoms with Gasteiger partial charge in [-0.1, -0.05) is 49.4 Å². The van der Waals surface area contributed by atoms with Gasteiger partial charge in [0.1, 0.15) is 23.8 Å². The molecule has 28 heavy (non-hydrogen) atoms. The van der Waals surface area contributed by atoms with E-state index in [1.54, 1.807) is 18.2 Å². The first-order valence-corrected chi connectivity index (χ1v) is 9.17. The van der Waals surface area contributed by atoms with Crippen molar-refractivity contribution in [2.45, 2.75) is 20.0 Å². The fraction of sp³-hybridized carbons (Fsp3) is 0.125. The third-order valence-corrected chi connectivity index (χ3v) is 4.70. The molecular formula is C24H19FO3. The standard InChI is InChI=1S/C24H19FO3/c1-2-17-12-21-20(18-6-4-3-5-7-18)13-24(26)28-23(21)14-22(17)27-15-16-8-10-19(25)11-9-16/h3-14H,2,15H2,1H3. The quantitative estimate of drug-likeness (QED) is 0.418. The summed E-state index contributed by atoms with van der Waals surface area (Å²) in [5.74, 6) is 0.381. The Hall–Kier alpha value is -3.40. The van der Waals surface area contributed by atoms with Gasteiger partial charge in [-0.15, -0.1) is 0 Å². The van der Waals surface area contributed by atoms with Crippen LogP contribution in [0.2, 0.25) is 0 Å². The predicted molar refractivity (Wildman–Crippen MR) is 108 cm³/mol. The first-order valence-electron chi connectivity index (χ1n) is 9.17. The summed E-state index contributed by atoms with van der Waals surface area (Å²) < 4.78 is 24.5. The summed E-state index contributed by atoms with van der Waals surface area (Å²) >= 11 is 0. The van der Waals surface area contributed by atoms with E-state index in [9.17, 15) is 9.18 Å². The SMILES string of the molecule is CCc1cc2c(-c3ccccc3)cc(=O)oc2cc1OCc1ccc(F)cc1. The molecule has 140 valence electrons. The van der Waals surface area contributed by atoms with Crippen LogP contribution >= 0.6 is 0 Å². The summed E-state index contributed by atoms with van der Waals surface area (Å²) in [6.07, 6.45) is 0.766. The Labute approximate surface area is 162 Å². The number of halogens is 1. The van der Waals surface area contributed by atoms with Gasteiger partial charge in [-0.05, 0) is 46.9 Å². The minimum Gasteiger partial charge on any atom is -0.488 e. The number of benzene rings is 3. The fourth-order valence-electron chi connectivity index (χ4n) is 3.24. The largest absolute Gasteiger partial charge is 0.488 e. The monoisotopic (exact) mass is 374 g/mol. The molecule has 0 aliphatic carbocycles. The van der Waals surface area contributed by atoms with Crippen molar-refractivity contribution < 1.29 is 13.5 Å². The fourth-order valence-corrected chi connectivity index (χ4v) is 3.24. The van der Waals surface area contributed by atoms with Crippen LogP contribution in [0.15, 0.2) is 82.0 Å². The smallest absolute Gasteiger partial charge is 0.336 e. The predicted octanol–water partition coefficient (Wildman–Crippen LogP) is 5.74. The van der Waals surface area contributed by atoms with Crippen LogP contribution in [0.1, 0.15) is 18.1 Å². The molecule has 4 heteroatoms. The molecule has 3 aromatic carbocycles. The molecule has 0 spiro atoms. The lowest BCUT2D eigenvalue weighted by molar-refractivity contribution is 0.303. The minimum absolute atomic E-state index is 0.279. The summed E-state index contributed by atoms with van der Waals surface area (Å²) in [7, 11) is 0. The van der Waals surface area contributed by atoms with Gasteiger partial charge in [-0.25, -0.2) is 9.18 Å². The lowest BCUT2D eigenvalue weighted by Crippen LogP contribution is -2.02. The van der Waals surface area contributed by atoms with Gasteiger partial charge in [-0.2, -0.15) is 0 Å². The summed E-state index contributed by atoms with van der Waals surface area (Å²) in [5.41, 5.74) is 3.76. The zero-order chi connectivity index (χ0) is 19.5. The summed E-state index contributed by atoms with van der Waals surface area (Å²) in [6.45, 7) is 2.36. The van der Waals surface area contributed by atoms with E-state index in [2.05, 4.69) is 0 Å². The first kappa shape index (κ1) is 18.0. The van der Waals surface area contributed by atoms with Crippen molar-refractivity contribution >= 4 is 11.0 Å². The maximum absolute atomic E-state index is 13.1. The third kappa shape index (κ3) is 3.67. The first-order chi connectivity index (χ1) is 13.6. The molecule has 4 rings (SSSR count). The molecule has 0 saturated heterocycles. The number of aryl methyl sites for hydroxylation is 1. The lowest BCUT2D eigenvalue weighted by Gasteiger charge is -2.13. The van der Waals surface area contributed by atoms with E-state index < -0.39 is 5.63 Å². The molecule has 0 aliphatic heterocycles. The second-order valence-corrected chi connectivity index (χ2v) is 6.57. The highest BCUT2D eigenvalue weighted by molar-refractivity contribution is 5.94. The van der Waals surface area contributed by atoms with Crippen LogP contribution in [0.3, 0.4) is 0 Å². The number of rotatable bonds is 5. The molecule has 0 fully saturated rings.